The molecule has 31 heavy (non-hydrogen) atoms. The van der Waals surface area contributed by atoms with Crippen LogP contribution in [0.25, 0.3) is 0 Å². The van der Waals surface area contributed by atoms with Crippen molar-refractivity contribution in [3.8, 4) is 6.07 Å². The van der Waals surface area contributed by atoms with Gasteiger partial charge in [0.25, 0.3) is 0 Å². The van der Waals surface area contributed by atoms with E-state index in [2.05, 4.69) is 22.0 Å². The summed E-state index contributed by atoms with van der Waals surface area (Å²) in [4.78, 5) is 12.3. The Morgan fingerprint density at radius 1 is 1.06 bits per heavy atom. The van der Waals surface area contributed by atoms with E-state index in [1.165, 1.54) is 12.1 Å². The molecule has 3 rings (SSSR count). The van der Waals surface area contributed by atoms with Gasteiger partial charge in [-0.3, -0.25) is 0 Å². The summed E-state index contributed by atoms with van der Waals surface area (Å²) in [5.41, 5.74) is 2.10. The van der Waals surface area contributed by atoms with Crippen molar-refractivity contribution >= 4 is 23.2 Å². The Kier molecular flexibility index (Phi) is 7.01. The standard InChI is InChI=1S/C24H29FN4O2/c1-24(2,3)31-23(30)29-21-7-5-4-6-20(21)28-19-11-8-16(15-26)22(14-19)27-18-12-9-17(25)10-13-18/h8-14,20-21,27-28H,4-7H2,1-3H3,(H,29,30)/t20-,21+/m1/s1. The van der Waals surface area contributed by atoms with Gasteiger partial charge in [-0.25, -0.2) is 9.18 Å². The van der Waals surface area contributed by atoms with Crippen LogP contribution >= 0.6 is 0 Å². The normalized spacial score (nSPS) is 18.5. The third-order valence-electron chi connectivity index (χ3n) is 5.08. The highest BCUT2D eigenvalue weighted by molar-refractivity contribution is 5.71. The smallest absolute Gasteiger partial charge is 0.407 e. The molecule has 1 aliphatic carbocycles. The molecule has 6 nitrogen and oxygen atoms in total. The van der Waals surface area contributed by atoms with Crippen LogP contribution in [0, 0.1) is 17.1 Å². The van der Waals surface area contributed by atoms with Crippen LogP contribution in [0.2, 0.25) is 0 Å². The van der Waals surface area contributed by atoms with Crippen molar-refractivity contribution in [1.29, 1.82) is 5.26 Å². The van der Waals surface area contributed by atoms with E-state index in [-0.39, 0.29) is 17.9 Å². The molecule has 0 heterocycles. The number of carbonyl (C=O) groups excluding carboxylic acids is 1. The number of alkyl carbamates (subject to hydrolysis) is 1. The van der Waals surface area contributed by atoms with Gasteiger partial charge in [0.05, 0.1) is 17.3 Å². The van der Waals surface area contributed by atoms with Crippen LogP contribution in [0.1, 0.15) is 52.0 Å². The monoisotopic (exact) mass is 424 g/mol. The number of halogens is 1. The van der Waals surface area contributed by atoms with Gasteiger partial charge in [-0.2, -0.15) is 5.26 Å². The van der Waals surface area contributed by atoms with Crippen LogP contribution in [0.5, 0.6) is 0 Å². The number of rotatable bonds is 5. The van der Waals surface area contributed by atoms with E-state index < -0.39 is 11.7 Å². The first-order valence-electron chi connectivity index (χ1n) is 10.6. The maximum absolute atomic E-state index is 13.2. The lowest BCUT2D eigenvalue weighted by Gasteiger charge is -2.34. The minimum Gasteiger partial charge on any atom is -0.444 e. The molecule has 0 saturated heterocycles. The largest absolute Gasteiger partial charge is 0.444 e. The van der Waals surface area contributed by atoms with Crippen molar-refractivity contribution in [2.24, 2.45) is 0 Å². The molecule has 2 atom stereocenters. The van der Waals surface area contributed by atoms with Crippen LogP contribution in [-0.4, -0.2) is 23.8 Å². The topological polar surface area (TPSA) is 86.2 Å². The Morgan fingerprint density at radius 3 is 2.35 bits per heavy atom. The second-order valence-electron chi connectivity index (χ2n) is 8.79. The third kappa shape index (κ3) is 6.61. The molecule has 0 spiro atoms. The van der Waals surface area contributed by atoms with E-state index in [0.717, 1.165) is 31.4 Å². The molecule has 0 unspecified atom stereocenters. The molecule has 1 aliphatic rings. The number of ether oxygens (including phenoxy) is 1. The lowest BCUT2D eigenvalue weighted by Crippen LogP contribution is -2.49. The van der Waals surface area contributed by atoms with Gasteiger partial charge >= 0.3 is 6.09 Å². The lowest BCUT2D eigenvalue weighted by atomic mass is 9.90. The predicted octanol–water partition coefficient (Wildman–Crippen LogP) is 5.69. The van der Waals surface area contributed by atoms with Gasteiger partial charge in [-0.05, 0) is 76.1 Å². The molecule has 0 radical (unpaired) electrons. The summed E-state index contributed by atoms with van der Waals surface area (Å²) in [5.74, 6) is -0.317. The molecule has 7 heteroatoms. The number of carbonyl (C=O) groups is 1. The molecule has 1 saturated carbocycles. The first-order chi connectivity index (χ1) is 14.7. The second kappa shape index (κ2) is 9.69. The first-order valence-corrected chi connectivity index (χ1v) is 10.6. The summed E-state index contributed by atoms with van der Waals surface area (Å²) in [6.45, 7) is 5.53. The number of nitrogens with zero attached hydrogens (tertiary/aromatic N) is 1. The number of nitrogens with one attached hydrogen (secondary N) is 3. The van der Waals surface area contributed by atoms with Crippen molar-refractivity contribution in [2.75, 3.05) is 10.6 Å². The molecule has 2 aromatic rings. The number of benzene rings is 2. The van der Waals surface area contributed by atoms with Crippen LogP contribution in [0.4, 0.5) is 26.2 Å². The third-order valence-corrected chi connectivity index (χ3v) is 5.08. The molecule has 164 valence electrons. The quantitative estimate of drug-likeness (QED) is 0.574. The highest BCUT2D eigenvalue weighted by Crippen LogP contribution is 2.28. The van der Waals surface area contributed by atoms with Crippen molar-refractivity contribution in [3.63, 3.8) is 0 Å². The Hall–Kier alpha value is -3.27. The van der Waals surface area contributed by atoms with Gasteiger partial charge in [-0.15, -0.1) is 0 Å². The maximum Gasteiger partial charge on any atom is 0.407 e. The lowest BCUT2D eigenvalue weighted by molar-refractivity contribution is 0.0488. The summed E-state index contributed by atoms with van der Waals surface area (Å²) in [7, 11) is 0. The number of hydrogen-bond acceptors (Lipinski definition) is 5. The van der Waals surface area contributed by atoms with Gasteiger partial charge in [-0.1, -0.05) is 12.8 Å². The van der Waals surface area contributed by atoms with Gasteiger partial charge < -0.3 is 20.7 Å². The fraction of sp³-hybridized carbons (Fsp3) is 0.417. The highest BCUT2D eigenvalue weighted by atomic mass is 19.1. The number of hydrogen-bond donors (Lipinski definition) is 3. The number of amides is 1. The van der Waals surface area contributed by atoms with Crippen molar-refractivity contribution in [2.45, 2.75) is 64.1 Å². The average Bonchev–Trinajstić information content (AvgIpc) is 2.70. The minimum absolute atomic E-state index is 0.0484. The Bertz CT molecular complexity index is 948. The van der Waals surface area contributed by atoms with E-state index in [1.54, 1.807) is 18.2 Å². The van der Waals surface area contributed by atoms with E-state index in [9.17, 15) is 14.4 Å². The molecule has 2 aromatic carbocycles. The summed E-state index contributed by atoms with van der Waals surface area (Å²) in [6, 6.07) is 13.6. The fourth-order valence-corrected chi connectivity index (χ4v) is 3.67. The van der Waals surface area contributed by atoms with E-state index in [0.29, 0.717) is 16.9 Å². The second-order valence-corrected chi connectivity index (χ2v) is 8.79. The molecule has 0 aliphatic heterocycles. The van der Waals surface area contributed by atoms with Crippen LogP contribution in [-0.2, 0) is 4.74 Å². The van der Waals surface area contributed by atoms with E-state index in [1.807, 2.05) is 32.9 Å². The molecule has 1 fully saturated rings. The summed E-state index contributed by atoms with van der Waals surface area (Å²) in [5, 5.41) is 19.1. The fourth-order valence-electron chi connectivity index (χ4n) is 3.67. The van der Waals surface area contributed by atoms with Crippen molar-refractivity contribution in [3.05, 3.63) is 53.8 Å². The van der Waals surface area contributed by atoms with E-state index >= 15 is 0 Å². The average molecular weight is 425 g/mol. The summed E-state index contributed by atoms with van der Waals surface area (Å²) in [6.07, 6.45) is 3.49. The van der Waals surface area contributed by atoms with Crippen LogP contribution in [0.15, 0.2) is 42.5 Å². The number of nitriles is 1. The van der Waals surface area contributed by atoms with Gasteiger partial charge in [0, 0.05) is 17.4 Å². The van der Waals surface area contributed by atoms with Crippen LogP contribution < -0.4 is 16.0 Å². The van der Waals surface area contributed by atoms with Crippen molar-refractivity contribution < 1.29 is 13.9 Å². The molecular formula is C24H29FN4O2. The molecule has 0 aromatic heterocycles. The maximum atomic E-state index is 13.2. The zero-order valence-electron chi connectivity index (χ0n) is 18.2. The Labute approximate surface area is 182 Å². The molecule has 3 N–H and O–H groups in total. The molecular weight excluding hydrogens is 395 g/mol. The predicted molar refractivity (Wildman–Crippen MR) is 120 cm³/mol. The first kappa shape index (κ1) is 22.4. The molecule has 0 bridgehead atoms. The zero-order valence-corrected chi connectivity index (χ0v) is 18.2. The van der Waals surface area contributed by atoms with Crippen LogP contribution in [0.3, 0.4) is 0 Å². The van der Waals surface area contributed by atoms with Gasteiger partial charge in [0.1, 0.15) is 17.5 Å². The Balaban J connectivity index is 1.73. The summed E-state index contributed by atoms with van der Waals surface area (Å²) >= 11 is 0. The molecule has 1 amide bonds. The summed E-state index contributed by atoms with van der Waals surface area (Å²) < 4.78 is 18.6. The van der Waals surface area contributed by atoms with Gasteiger partial charge in [0.15, 0.2) is 0 Å². The SMILES string of the molecule is CC(C)(C)OC(=O)N[C@H]1CCCC[C@H]1Nc1ccc(C#N)c(Nc2ccc(F)cc2)c1. The van der Waals surface area contributed by atoms with Gasteiger partial charge in [0.2, 0.25) is 0 Å². The highest BCUT2D eigenvalue weighted by Gasteiger charge is 2.28. The van der Waals surface area contributed by atoms with Crippen molar-refractivity contribution in [1.82, 2.24) is 5.32 Å². The Morgan fingerprint density at radius 2 is 1.71 bits per heavy atom. The van der Waals surface area contributed by atoms with E-state index in [4.69, 9.17) is 4.74 Å². The zero-order chi connectivity index (χ0) is 22.4. The number of anilines is 3. The minimum atomic E-state index is -0.546.